The average molecular weight is 195 g/mol. The summed E-state index contributed by atoms with van der Waals surface area (Å²) in [6, 6.07) is 9.53. The lowest BCUT2D eigenvalue weighted by Gasteiger charge is -2.10. The smallest absolute Gasteiger partial charge is 0.199 e. The SMILES string of the molecule is C[P+](C)(C)CC(=O)c1ccccc1. The van der Waals surface area contributed by atoms with Gasteiger partial charge in [-0.3, -0.25) is 4.79 Å². The fourth-order valence-electron chi connectivity index (χ4n) is 1.15. The lowest BCUT2D eigenvalue weighted by atomic mass is 10.2. The summed E-state index contributed by atoms with van der Waals surface area (Å²) in [5, 5.41) is 0. The summed E-state index contributed by atoms with van der Waals surface area (Å²) in [7, 11) is -0.987. The molecule has 0 bridgehead atoms. The van der Waals surface area contributed by atoms with E-state index in [1.807, 2.05) is 30.3 Å². The van der Waals surface area contributed by atoms with Gasteiger partial charge in [0.2, 0.25) is 0 Å². The van der Waals surface area contributed by atoms with E-state index in [1.165, 1.54) is 0 Å². The lowest BCUT2D eigenvalue weighted by molar-refractivity contribution is 0.102. The van der Waals surface area contributed by atoms with Gasteiger partial charge in [-0.1, -0.05) is 30.3 Å². The Balaban J connectivity index is 2.71. The Kier molecular flexibility index (Phi) is 3.22. The van der Waals surface area contributed by atoms with Crippen LogP contribution in [0.2, 0.25) is 0 Å². The van der Waals surface area contributed by atoms with Crippen LogP contribution >= 0.6 is 7.26 Å². The summed E-state index contributed by atoms with van der Waals surface area (Å²) in [6.07, 6.45) is 0.719. The third-order valence-electron chi connectivity index (χ3n) is 1.71. The van der Waals surface area contributed by atoms with Gasteiger partial charge in [0.15, 0.2) is 5.78 Å². The van der Waals surface area contributed by atoms with Crippen LogP contribution < -0.4 is 0 Å². The Morgan fingerprint density at radius 2 is 1.69 bits per heavy atom. The van der Waals surface area contributed by atoms with Crippen LogP contribution in [0.25, 0.3) is 0 Å². The topological polar surface area (TPSA) is 17.1 Å². The molecule has 0 spiro atoms. The largest absolute Gasteiger partial charge is 0.290 e. The second-order valence-corrected chi connectivity index (χ2v) is 9.13. The molecular weight excluding hydrogens is 179 g/mol. The van der Waals surface area contributed by atoms with Crippen molar-refractivity contribution in [3.63, 3.8) is 0 Å². The molecule has 0 fully saturated rings. The van der Waals surface area contributed by atoms with Gasteiger partial charge < -0.3 is 0 Å². The van der Waals surface area contributed by atoms with Gasteiger partial charge in [-0.05, 0) is 0 Å². The number of carbonyl (C=O) groups excluding carboxylic acids is 1. The predicted molar refractivity (Wildman–Crippen MR) is 60.3 cm³/mol. The summed E-state index contributed by atoms with van der Waals surface area (Å²) in [4.78, 5) is 11.7. The molecule has 0 aliphatic rings. The maximum absolute atomic E-state index is 11.7. The van der Waals surface area contributed by atoms with E-state index < -0.39 is 7.26 Å². The molecular formula is C11H16OP+. The van der Waals surface area contributed by atoms with Crippen LogP contribution in [-0.4, -0.2) is 31.9 Å². The van der Waals surface area contributed by atoms with Crippen molar-refractivity contribution in [2.45, 2.75) is 0 Å². The van der Waals surface area contributed by atoms with Crippen molar-refractivity contribution in [1.29, 1.82) is 0 Å². The highest BCUT2D eigenvalue weighted by molar-refractivity contribution is 7.74. The Morgan fingerprint density at radius 1 is 1.15 bits per heavy atom. The minimum Gasteiger partial charge on any atom is -0.290 e. The molecule has 1 aromatic rings. The molecule has 0 saturated carbocycles. The Hall–Kier alpha value is -0.680. The van der Waals surface area contributed by atoms with Crippen molar-refractivity contribution in [3.05, 3.63) is 35.9 Å². The van der Waals surface area contributed by atoms with Crippen LogP contribution in [0.15, 0.2) is 30.3 Å². The molecule has 1 aromatic carbocycles. The van der Waals surface area contributed by atoms with E-state index in [0.717, 1.165) is 11.7 Å². The van der Waals surface area contributed by atoms with E-state index in [2.05, 4.69) is 20.0 Å². The first-order chi connectivity index (χ1) is 5.99. The maximum atomic E-state index is 11.7. The second-order valence-electron chi connectivity index (χ2n) is 4.24. The molecule has 0 aliphatic carbocycles. The highest BCUT2D eigenvalue weighted by Gasteiger charge is 2.22. The number of hydrogen-bond acceptors (Lipinski definition) is 1. The minimum absolute atomic E-state index is 0.279. The van der Waals surface area contributed by atoms with E-state index in [-0.39, 0.29) is 5.78 Å². The van der Waals surface area contributed by atoms with Crippen molar-refractivity contribution in [2.75, 3.05) is 26.2 Å². The normalized spacial score (nSPS) is 11.3. The third-order valence-corrected chi connectivity index (χ3v) is 2.95. The Bertz CT molecular complexity index is 285. The van der Waals surface area contributed by atoms with Crippen LogP contribution in [0.3, 0.4) is 0 Å². The van der Waals surface area contributed by atoms with E-state index in [4.69, 9.17) is 0 Å². The summed E-state index contributed by atoms with van der Waals surface area (Å²) < 4.78 is 0. The molecule has 0 unspecified atom stereocenters. The van der Waals surface area contributed by atoms with Crippen LogP contribution in [-0.2, 0) is 0 Å². The molecule has 1 rings (SSSR count). The van der Waals surface area contributed by atoms with Crippen molar-refractivity contribution in [3.8, 4) is 0 Å². The standard InChI is InChI=1S/C11H16OP/c1-13(2,3)9-11(12)10-7-5-4-6-8-10/h4-8H,9H2,1-3H3/q+1. The van der Waals surface area contributed by atoms with E-state index >= 15 is 0 Å². The number of benzene rings is 1. The Morgan fingerprint density at radius 3 is 2.15 bits per heavy atom. The van der Waals surface area contributed by atoms with Crippen molar-refractivity contribution in [2.24, 2.45) is 0 Å². The van der Waals surface area contributed by atoms with Crippen molar-refractivity contribution < 1.29 is 4.79 Å². The van der Waals surface area contributed by atoms with Crippen molar-refractivity contribution >= 4 is 13.0 Å². The van der Waals surface area contributed by atoms with Gasteiger partial charge in [0, 0.05) is 32.8 Å². The van der Waals surface area contributed by atoms with Crippen LogP contribution in [0.5, 0.6) is 0 Å². The first-order valence-electron chi connectivity index (χ1n) is 4.38. The number of Topliss-reactive ketones (excluding diaryl/α,β-unsaturated/α-hetero) is 1. The maximum Gasteiger partial charge on any atom is 0.199 e. The van der Waals surface area contributed by atoms with Gasteiger partial charge in [0.1, 0.15) is 6.16 Å². The monoisotopic (exact) mass is 195 g/mol. The van der Waals surface area contributed by atoms with Gasteiger partial charge >= 0.3 is 0 Å². The molecule has 0 saturated heterocycles. The van der Waals surface area contributed by atoms with E-state index in [0.29, 0.717) is 0 Å². The molecule has 0 atom stereocenters. The fraction of sp³-hybridized carbons (Fsp3) is 0.364. The zero-order valence-electron chi connectivity index (χ0n) is 8.45. The van der Waals surface area contributed by atoms with Gasteiger partial charge in [-0.15, -0.1) is 0 Å². The number of carbonyl (C=O) groups is 1. The van der Waals surface area contributed by atoms with Gasteiger partial charge in [0.25, 0.3) is 0 Å². The zero-order valence-corrected chi connectivity index (χ0v) is 9.34. The molecule has 0 aliphatic heterocycles. The zero-order chi connectivity index (χ0) is 9.90. The van der Waals surface area contributed by atoms with Gasteiger partial charge in [0.05, 0.1) is 0 Å². The van der Waals surface area contributed by atoms with E-state index in [9.17, 15) is 4.79 Å². The molecule has 13 heavy (non-hydrogen) atoms. The predicted octanol–water partition coefficient (Wildman–Crippen LogP) is 2.78. The molecule has 2 heteroatoms. The molecule has 1 nitrogen and oxygen atoms in total. The van der Waals surface area contributed by atoms with Crippen LogP contribution in [0.4, 0.5) is 0 Å². The summed E-state index contributed by atoms with van der Waals surface area (Å²) in [5.74, 6) is 0.279. The van der Waals surface area contributed by atoms with Crippen molar-refractivity contribution in [1.82, 2.24) is 0 Å². The summed E-state index contributed by atoms with van der Waals surface area (Å²) >= 11 is 0. The summed E-state index contributed by atoms with van der Waals surface area (Å²) in [6.45, 7) is 6.56. The number of ketones is 1. The van der Waals surface area contributed by atoms with Gasteiger partial charge in [-0.2, -0.15) is 0 Å². The number of hydrogen-bond donors (Lipinski definition) is 0. The quantitative estimate of drug-likeness (QED) is 0.535. The first kappa shape index (κ1) is 10.4. The molecule has 0 amide bonds. The van der Waals surface area contributed by atoms with Crippen LogP contribution in [0.1, 0.15) is 10.4 Å². The minimum atomic E-state index is -0.987. The van der Waals surface area contributed by atoms with E-state index in [1.54, 1.807) is 0 Å². The average Bonchev–Trinajstić information content (AvgIpc) is 2.03. The first-order valence-corrected chi connectivity index (χ1v) is 7.69. The lowest BCUT2D eigenvalue weighted by Crippen LogP contribution is -2.07. The highest BCUT2D eigenvalue weighted by Crippen LogP contribution is 2.46. The molecule has 0 heterocycles. The second kappa shape index (κ2) is 4.02. The summed E-state index contributed by atoms with van der Waals surface area (Å²) in [5.41, 5.74) is 0.845. The molecule has 0 radical (unpaired) electrons. The molecule has 0 N–H and O–H groups in total. The molecule has 0 aromatic heterocycles. The Labute approximate surface area is 80.5 Å². The fourth-order valence-corrected chi connectivity index (χ4v) is 2.19. The molecule has 70 valence electrons. The van der Waals surface area contributed by atoms with Gasteiger partial charge in [-0.25, -0.2) is 0 Å². The number of rotatable bonds is 3. The highest BCUT2D eigenvalue weighted by atomic mass is 31.2. The van der Waals surface area contributed by atoms with Crippen LogP contribution in [0, 0.1) is 0 Å². The third kappa shape index (κ3) is 3.69.